The van der Waals surface area contributed by atoms with E-state index in [9.17, 15) is 8.42 Å². The molecule has 2 aromatic carbocycles. The van der Waals surface area contributed by atoms with E-state index in [4.69, 9.17) is 9.47 Å². The van der Waals surface area contributed by atoms with Gasteiger partial charge in [-0.25, -0.2) is 8.42 Å². The molecule has 2 N–H and O–H groups in total. The minimum absolute atomic E-state index is 0.155. The molecule has 126 valence electrons. The van der Waals surface area contributed by atoms with Gasteiger partial charge in [-0.05, 0) is 48.4 Å². The van der Waals surface area contributed by atoms with Crippen LogP contribution in [0.5, 0.6) is 11.5 Å². The number of rotatable bonds is 3. The third kappa shape index (κ3) is 2.92. The number of fused-ring (bicyclic) bond motifs is 2. The van der Waals surface area contributed by atoms with Crippen molar-refractivity contribution >= 4 is 15.7 Å². The molecule has 24 heavy (non-hydrogen) atoms. The number of anilines is 1. The molecule has 0 spiro atoms. The van der Waals surface area contributed by atoms with E-state index in [2.05, 4.69) is 10.0 Å². The van der Waals surface area contributed by atoms with E-state index in [-0.39, 0.29) is 4.90 Å². The maximum atomic E-state index is 12.6. The summed E-state index contributed by atoms with van der Waals surface area (Å²) in [4.78, 5) is 0.155. The van der Waals surface area contributed by atoms with Gasteiger partial charge in [-0.1, -0.05) is 6.07 Å². The summed E-state index contributed by atoms with van der Waals surface area (Å²) in [6, 6.07) is 10.3. The van der Waals surface area contributed by atoms with Gasteiger partial charge in [0.15, 0.2) is 11.5 Å². The predicted molar refractivity (Wildman–Crippen MR) is 90.1 cm³/mol. The van der Waals surface area contributed by atoms with Gasteiger partial charge in [0, 0.05) is 18.3 Å². The van der Waals surface area contributed by atoms with E-state index in [0.29, 0.717) is 30.4 Å². The van der Waals surface area contributed by atoms with E-state index in [0.717, 1.165) is 25.1 Å². The minimum atomic E-state index is -3.68. The van der Waals surface area contributed by atoms with Crippen molar-refractivity contribution in [2.75, 3.05) is 24.5 Å². The van der Waals surface area contributed by atoms with E-state index in [1.807, 2.05) is 12.1 Å². The summed E-state index contributed by atoms with van der Waals surface area (Å²) in [5.41, 5.74) is 2.95. The van der Waals surface area contributed by atoms with Gasteiger partial charge in [-0.3, -0.25) is 4.72 Å². The van der Waals surface area contributed by atoms with E-state index < -0.39 is 10.0 Å². The van der Waals surface area contributed by atoms with E-state index in [1.54, 1.807) is 12.1 Å². The second-order valence-electron chi connectivity index (χ2n) is 5.82. The lowest BCUT2D eigenvalue weighted by molar-refractivity contribution is 0.171. The Morgan fingerprint density at radius 2 is 1.79 bits per heavy atom. The van der Waals surface area contributed by atoms with Crippen molar-refractivity contribution < 1.29 is 17.9 Å². The number of hydrogen-bond donors (Lipinski definition) is 2. The minimum Gasteiger partial charge on any atom is -0.486 e. The van der Waals surface area contributed by atoms with Gasteiger partial charge in [0.25, 0.3) is 10.0 Å². The number of hydrogen-bond acceptors (Lipinski definition) is 5. The van der Waals surface area contributed by atoms with Crippen LogP contribution in [0.1, 0.15) is 11.1 Å². The average molecular weight is 346 g/mol. The fourth-order valence-electron chi connectivity index (χ4n) is 2.95. The van der Waals surface area contributed by atoms with Crippen LogP contribution in [0, 0.1) is 0 Å². The van der Waals surface area contributed by atoms with Gasteiger partial charge in [0.1, 0.15) is 13.2 Å². The van der Waals surface area contributed by atoms with Gasteiger partial charge in [-0.2, -0.15) is 0 Å². The van der Waals surface area contributed by atoms with Gasteiger partial charge in [-0.15, -0.1) is 0 Å². The molecular weight excluding hydrogens is 328 g/mol. The SMILES string of the molecule is O=S(=O)(Nc1ccc2c(c1)CNCC2)c1ccc2c(c1)OCCO2. The second-order valence-corrected chi connectivity index (χ2v) is 7.50. The summed E-state index contributed by atoms with van der Waals surface area (Å²) in [5.74, 6) is 1.03. The molecule has 0 saturated carbocycles. The number of sulfonamides is 1. The van der Waals surface area contributed by atoms with Crippen molar-refractivity contribution in [3.05, 3.63) is 47.5 Å². The van der Waals surface area contributed by atoms with Crippen LogP contribution in [0.4, 0.5) is 5.69 Å². The molecule has 7 heteroatoms. The van der Waals surface area contributed by atoms with Crippen molar-refractivity contribution in [1.29, 1.82) is 0 Å². The molecule has 6 nitrogen and oxygen atoms in total. The highest BCUT2D eigenvalue weighted by molar-refractivity contribution is 7.92. The molecule has 0 unspecified atom stereocenters. The molecule has 2 aliphatic heterocycles. The van der Waals surface area contributed by atoms with Crippen molar-refractivity contribution in [1.82, 2.24) is 5.32 Å². The summed E-state index contributed by atoms with van der Waals surface area (Å²) in [6.07, 6.45) is 0.963. The first-order valence-corrected chi connectivity index (χ1v) is 9.35. The smallest absolute Gasteiger partial charge is 0.262 e. The Labute approximate surface area is 140 Å². The molecule has 0 bridgehead atoms. The van der Waals surface area contributed by atoms with Crippen molar-refractivity contribution in [2.45, 2.75) is 17.9 Å². The maximum Gasteiger partial charge on any atom is 0.262 e. The Kier molecular flexibility index (Phi) is 3.82. The van der Waals surface area contributed by atoms with Crippen LogP contribution in [0.25, 0.3) is 0 Å². The fraction of sp³-hybridized carbons (Fsp3) is 0.294. The van der Waals surface area contributed by atoms with Gasteiger partial charge in [0.05, 0.1) is 4.90 Å². The molecule has 2 heterocycles. The van der Waals surface area contributed by atoms with Gasteiger partial charge >= 0.3 is 0 Å². The molecule has 0 aliphatic carbocycles. The van der Waals surface area contributed by atoms with Crippen LogP contribution in [0.3, 0.4) is 0 Å². The molecular formula is C17H18N2O4S. The average Bonchev–Trinajstić information content (AvgIpc) is 2.61. The quantitative estimate of drug-likeness (QED) is 0.888. The molecule has 4 rings (SSSR count). The maximum absolute atomic E-state index is 12.6. The highest BCUT2D eigenvalue weighted by Gasteiger charge is 2.20. The van der Waals surface area contributed by atoms with Crippen molar-refractivity contribution in [3.8, 4) is 11.5 Å². The van der Waals surface area contributed by atoms with Crippen LogP contribution in [0.2, 0.25) is 0 Å². The third-order valence-corrected chi connectivity index (χ3v) is 5.55. The highest BCUT2D eigenvalue weighted by atomic mass is 32.2. The van der Waals surface area contributed by atoms with Crippen LogP contribution in [0.15, 0.2) is 41.3 Å². The Balaban J connectivity index is 1.61. The normalized spacial score (nSPS) is 16.3. The summed E-state index contributed by atoms with van der Waals surface area (Å²) < 4.78 is 38.8. The topological polar surface area (TPSA) is 76.7 Å². The second kappa shape index (κ2) is 5.99. The fourth-order valence-corrected chi connectivity index (χ4v) is 4.01. The first-order chi connectivity index (χ1) is 11.6. The Morgan fingerprint density at radius 1 is 0.958 bits per heavy atom. The largest absolute Gasteiger partial charge is 0.486 e. The molecule has 0 radical (unpaired) electrons. The zero-order valence-corrected chi connectivity index (χ0v) is 13.9. The first-order valence-electron chi connectivity index (χ1n) is 7.87. The lowest BCUT2D eigenvalue weighted by Gasteiger charge is -2.20. The molecule has 2 aliphatic rings. The lowest BCUT2D eigenvalue weighted by Crippen LogP contribution is -2.23. The van der Waals surface area contributed by atoms with Crippen molar-refractivity contribution in [2.24, 2.45) is 0 Å². The monoisotopic (exact) mass is 346 g/mol. The Morgan fingerprint density at radius 3 is 2.67 bits per heavy atom. The standard InChI is InChI=1S/C17H18N2O4S/c20-24(21,15-3-4-16-17(10-15)23-8-7-22-16)19-14-2-1-12-5-6-18-11-13(12)9-14/h1-4,9-10,18-19H,5-8,11H2. The zero-order chi connectivity index (χ0) is 16.6. The lowest BCUT2D eigenvalue weighted by atomic mass is 10.0. The van der Waals surface area contributed by atoms with Crippen LogP contribution in [-0.2, 0) is 23.0 Å². The Hall–Kier alpha value is -2.25. The number of ether oxygens (including phenoxy) is 2. The van der Waals surface area contributed by atoms with Crippen LogP contribution < -0.4 is 19.5 Å². The Bertz CT molecular complexity index is 880. The number of benzene rings is 2. The van der Waals surface area contributed by atoms with Gasteiger partial charge < -0.3 is 14.8 Å². The molecule has 0 fully saturated rings. The third-order valence-electron chi connectivity index (χ3n) is 4.17. The summed E-state index contributed by atoms with van der Waals surface area (Å²) in [7, 11) is -3.68. The van der Waals surface area contributed by atoms with E-state index >= 15 is 0 Å². The summed E-state index contributed by atoms with van der Waals surface area (Å²) >= 11 is 0. The molecule has 0 aromatic heterocycles. The van der Waals surface area contributed by atoms with Crippen LogP contribution >= 0.6 is 0 Å². The zero-order valence-electron chi connectivity index (χ0n) is 13.0. The van der Waals surface area contributed by atoms with Crippen molar-refractivity contribution in [3.63, 3.8) is 0 Å². The summed E-state index contributed by atoms with van der Waals surface area (Å²) in [5, 5.41) is 3.29. The van der Waals surface area contributed by atoms with Crippen LogP contribution in [-0.4, -0.2) is 28.2 Å². The van der Waals surface area contributed by atoms with E-state index in [1.165, 1.54) is 17.7 Å². The predicted octanol–water partition coefficient (Wildman–Crippen LogP) is 1.90. The molecule has 2 aromatic rings. The number of nitrogens with one attached hydrogen (secondary N) is 2. The highest BCUT2D eigenvalue weighted by Crippen LogP contribution is 2.33. The molecule has 0 amide bonds. The molecule has 0 atom stereocenters. The molecule has 0 saturated heterocycles. The summed E-state index contributed by atoms with van der Waals surface area (Å²) in [6.45, 7) is 2.60. The first kappa shape index (κ1) is 15.3. The van der Waals surface area contributed by atoms with Gasteiger partial charge in [0.2, 0.25) is 0 Å².